The number of nitrogens with zero attached hydrogens (tertiary/aromatic N) is 4. The quantitative estimate of drug-likeness (QED) is 0.764. The fourth-order valence-electron chi connectivity index (χ4n) is 3.78. The van der Waals surface area contributed by atoms with Crippen LogP contribution in [-0.4, -0.2) is 61.8 Å². The number of hydrogen-bond acceptors (Lipinski definition) is 6. The minimum atomic E-state index is -0.639. The maximum atomic E-state index is 12.9. The summed E-state index contributed by atoms with van der Waals surface area (Å²) in [5, 5.41) is 4.34. The standard InChI is InChI=1S/C23H28N6O2/c1-17-23(31)29(19-9-4-3-5-10-19)26-21(25-17)22(30)24-16-18-8-6-7-11-20(18)28-14-12-27(2)13-15-28/h3-11,17H,12-16H2,1-2H3,(H,24,30)(H,25,26). The number of hydrogen-bond donors (Lipinski definition) is 2. The molecule has 0 radical (unpaired) electrons. The van der Waals surface area contributed by atoms with Gasteiger partial charge < -0.3 is 15.1 Å². The lowest BCUT2D eigenvalue weighted by molar-refractivity contribution is -0.120. The maximum absolute atomic E-state index is 12.9. The number of amidine groups is 1. The predicted molar refractivity (Wildman–Crippen MR) is 122 cm³/mol. The molecule has 4 rings (SSSR count). The Labute approximate surface area is 182 Å². The van der Waals surface area contributed by atoms with E-state index in [0.717, 1.165) is 37.4 Å². The van der Waals surface area contributed by atoms with Crippen molar-refractivity contribution < 1.29 is 9.59 Å². The first-order valence-electron chi connectivity index (χ1n) is 10.6. The van der Waals surface area contributed by atoms with Crippen LogP contribution in [0.3, 0.4) is 0 Å². The number of para-hydroxylation sites is 2. The average molecular weight is 421 g/mol. The Bertz CT molecular complexity index is 969. The van der Waals surface area contributed by atoms with Crippen LogP contribution in [0.15, 0.2) is 59.6 Å². The molecule has 31 heavy (non-hydrogen) atoms. The van der Waals surface area contributed by atoms with E-state index in [-0.39, 0.29) is 17.6 Å². The molecule has 162 valence electrons. The van der Waals surface area contributed by atoms with Gasteiger partial charge >= 0.3 is 0 Å². The van der Waals surface area contributed by atoms with Crippen molar-refractivity contribution >= 4 is 29.0 Å². The average Bonchev–Trinajstić information content (AvgIpc) is 2.80. The highest BCUT2D eigenvalue weighted by molar-refractivity contribution is 6.39. The summed E-state index contributed by atoms with van der Waals surface area (Å²) in [6.45, 7) is 6.03. The summed E-state index contributed by atoms with van der Waals surface area (Å²) < 4.78 is 0. The largest absolute Gasteiger partial charge is 0.369 e. The summed E-state index contributed by atoms with van der Waals surface area (Å²) in [6.07, 6.45) is 0. The van der Waals surface area contributed by atoms with E-state index in [2.05, 4.69) is 38.6 Å². The summed E-state index contributed by atoms with van der Waals surface area (Å²) in [4.78, 5) is 34.3. The number of piperazine rings is 1. The molecule has 1 fully saturated rings. The molecule has 2 aromatic carbocycles. The van der Waals surface area contributed by atoms with Crippen molar-refractivity contribution in [2.24, 2.45) is 4.99 Å². The molecule has 0 aliphatic carbocycles. The smallest absolute Gasteiger partial charge is 0.288 e. The van der Waals surface area contributed by atoms with Crippen LogP contribution in [0.1, 0.15) is 12.5 Å². The Kier molecular flexibility index (Phi) is 6.18. The van der Waals surface area contributed by atoms with Gasteiger partial charge in [-0.05, 0) is 37.7 Å². The molecule has 2 amide bonds. The van der Waals surface area contributed by atoms with E-state index in [9.17, 15) is 9.59 Å². The third kappa shape index (κ3) is 4.69. The zero-order chi connectivity index (χ0) is 21.8. The molecule has 2 N–H and O–H groups in total. The molecule has 2 aliphatic rings. The van der Waals surface area contributed by atoms with Gasteiger partial charge in [-0.15, -0.1) is 0 Å². The van der Waals surface area contributed by atoms with Crippen LogP contribution in [0.5, 0.6) is 0 Å². The van der Waals surface area contributed by atoms with Crippen LogP contribution < -0.4 is 20.7 Å². The van der Waals surface area contributed by atoms with Gasteiger partial charge in [0.05, 0.1) is 5.69 Å². The van der Waals surface area contributed by atoms with Gasteiger partial charge in [-0.25, -0.2) is 10.0 Å². The summed E-state index contributed by atoms with van der Waals surface area (Å²) in [7, 11) is 2.13. The molecular formula is C23H28N6O2. The highest BCUT2D eigenvalue weighted by atomic mass is 16.2. The van der Waals surface area contributed by atoms with Gasteiger partial charge in [0.25, 0.3) is 11.8 Å². The number of likely N-dealkylation sites (N-methyl/N-ethyl adjacent to an activating group) is 1. The molecule has 1 unspecified atom stereocenters. The molecule has 8 nitrogen and oxygen atoms in total. The van der Waals surface area contributed by atoms with E-state index < -0.39 is 6.04 Å². The van der Waals surface area contributed by atoms with E-state index in [4.69, 9.17) is 0 Å². The van der Waals surface area contributed by atoms with Crippen LogP contribution in [0, 0.1) is 0 Å². The monoisotopic (exact) mass is 420 g/mol. The van der Waals surface area contributed by atoms with Crippen molar-refractivity contribution in [3.8, 4) is 0 Å². The van der Waals surface area contributed by atoms with Gasteiger partial charge in [-0.2, -0.15) is 0 Å². The Morgan fingerprint density at radius 2 is 1.74 bits per heavy atom. The van der Waals surface area contributed by atoms with E-state index >= 15 is 0 Å². The number of amides is 2. The van der Waals surface area contributed by atoms with Crippen LogP contribution in [-0.2, 0) is 16.1 Å². The van der Waals surface area contributed by atoms with Crippen molar-refractivity contribution in [2.75, 3.05) is 43.1 Å². The molecule has 2 aromatic rings. The lowest BCUT2D eigenvalue weighted by Gasteiger charge is -2.35. The summed E-state index contributed by atoms with van der Waals surface area (Å²) in [5.74, 6) is -0.412. The minimum Gasteiger partial charge on any atom is -0.369 e. The highest BCUT2D eigenvalue weighted by Crippen LogP contribution is 2.22. The molecule has 0 saturated carbocycles. The molecule has 2 heterocycles. The van der Waals surface area contributed by atoms with E-state index in [1.165, 1.54) is 5.01 Å². The summed E-state index contributed by atoms with van der Waals surface area (Å²) in [5.41, 5.74) is 5.74. The lowest BCUT2D eigenvalue weighted by atomic mass is 10.1. The third-order valence-electron chi connectivity index (χ3n) is 5.62. The predicted octanol–water partition coefficient (Wildman–Crippen LogP) is 1.39. The van der Waals surface area contributed by atoms with Crippen LogP contribution >= 0.6 is 0 Å². The number of carbonyl (C=O) groups excluding carboxylic acids is 2. The second-order valence-electron chi connectivity index (χ2n) is 7.88. The van der Waals surface area contributed by atoms with E-state index in [0.29, 0.717) is 12.2 Å². The van der Waals surface area contributed by atoms with Crippen molar-refractivity contribution in [1.29, 1.82) is 0 Å². The minimum absolute atomic E-state index is 0.132. The fraction of sp³-hybridized carbons (Fsp3) is 0.348. The fourth-order valence-corrected chi connectivity index (χ4v) is 3.78. The van der Waals surface area contributed by atoms with E-state index in [1.807, 2.05) is 48.5 Å². The van der Waals surface area contributed by atoms with Crippen molar-refractivity contribution in [2.45, 2.75) is 19.5 Å². The lowest BCUT2D eigenvalue weighted by Crippen LogP contribution is -2.58. The number of nitrogens with one attached hydrogen (secondary N) is 2. The molecule has 0 bridgehead atoms. The zero-order valence-corrected chi connectivity index (χ0v) is 17.9. The number of anilines is 2. The highest BCUT2D eigenvalue weighted by Gasteiger charge is 2.30. The Balaban J connectivity index is 1.44. The SMILES string of the molecule is CC1N=C(C(=O)NCc2ccccc2N2CCN(C)CC2)NN(c2ccccc2)C1=O. The molecule has 0 spiro atoms. The van der Waals surface area contributed by atoms with Crippen molar-refractivity contribution in [3.63, 3.8) is 0 Å². The van der Waals surface area contributed by atoms with Gasteiger partial charge in [0.1, 0.15) is 6.04 Å². The first kappa shape index (κ1) is 20.9. The first-order chi connectivity index (χ1) is 15.0. The molecule has 1 atom stereocenters. The Morgan fingerprint density at radius 1 is 1.06 bits per heavy atom. The second kappa shape index (κ2) is 9.18. The molecule has 8 heteroatoms. The molecular weight excluding hydrogens is 392 g/mol. The number of benzene rings is 2. The molecule has 2 aliphatic heterocycles. The number of hydrazine groups is 1. The molecule has 1 saturated heterocycles. The van der Waals surface area contributed by atoms with Gasteiger partial charge in [0.2, 0.25) is 5.84 Å². The number of carbonyl (C=O) groups is 2. The summed E-state index contributed by atoms with van der Waals surface area (Å²) in [6, 6.07) is 16.7. The van der Waals surface area contributed by atoms with Crippen molar-refractivity contribution in [1.82, 2.24) is 15.6 Å². The zero-order valence-electron chi connectivity index (χ0n) is 17.9. The van der Waals surface area contributed by atoms with Gasteiger partial charge in [-0.3, -0.25) is 15.0 Å². The van der Waals surface area contributed by atoms with Crippen LogP contribution in [0.25, 0.3) is 0 Å². The second-order valence-corrected chi connectivity index (χ2v) is 7.88. The summed E-state index contributed by atoms with van der Waals surface area (Å²) >= 11 is 0. The molecule has 0 aromatic heterocycles. The third-order valence-corrected chi connectivity index (χ3v) is 5.62. The number of aliphatic imine (C=N–C) groups is 1. The van der Waals surface area contributed by atoms with Gasteiger partial charge in [-0.1, -0.05) is 36.4 Å². The van der Waals surface area contributed by atoms with Crippen molar-refractivity contribution in [3.05, 3.63) is 60.2 Å². The van der Waals surface area contributed by atoms with Crippen LogP contribution in [0.4, 0.5) is 11.4 Å². The topological polar surface area (TPSA) is 80.3 Å². The maximum Gasteiger partial charge on any atom is 0.288 e. The Morgan fingerprint density at radius 3 is 2.48 bits per heavy atom. The first-order valence-corrected chi connectivity index (χ1v) is 10.6. The van der Waals surface area contributed by atoms with Gasteiger partial charge in [0.15, 0.2) is 0 Å². The van der Waals surface area contributed by atoms with E-state index in [1.54, 1.807) is 6.92 Å². The normalized spacial score (nSPS) is 19.6. The Hall–Kier alpha value is -3.39. The van der Waals surface area contributed by atoms with Crippen LogP contribution in [0.2, 0.25) is 0 Å². The van der Waals surface area contributed by atoms with Gasteiger partial charge in [0, 0.05) is 38.4 Å². The number of rotatable bonds is 5.